The highest BCUT2D eigenvalue weighted by molar-refractivity contribution is 5.89. The zero-order valence-electron chi connectivity index (χ0n) is 7.65. The summed E-state index contributed by atoms with van der Waals surface area (Å²) in [7, 11) is 1.35. The Balaban J connectivity index is 3.32. The predicted octanol–water partition coefficient (Wildman–Crippen LogP) is 0.558. The molecule has 76 valence electrons. The van der Waals surface area contributed by atoms with Crippen molar-refractivity contribution in [2.75, 3.05) is 7.11 Å². The standard InChI is InChI=1S/C9H11NO4/c1-14-7-3-5(9(12)13)2-6(4-10)8(7)11/h2-3,11H,4,10H2,1H3,(H,12,13). The number of rotatable bonds is 3. The number of hydrogen-bond acceptors (Lipinski definition) is 4. The van der Waals surface area contributed by atoms with Gasteiger partial charge in [-0.3, -0.25) is 0 Å². The maximum absolute atomic E-state index is 10.7. The van der Waals surface area contributed by atoms with Crippen LogP contribution >= 0.6 is 0 Å². The van der Waals surface area contributed by atoms with Gasteiger partial charge >= 0.3 is 5.97 Å². The number of methoxy groups -OCH3 is 1. The smallest absolute Gasteiger partial charge is 0.335 e. The van der Waals surface area contributed by atoms with Crippen LogP contribution < -0.4 is 10.5 Å². The fourth-order valence-corrected chi connectivity index (χ4v) is 1.10. The number of phenols is 1. The second-order valence-electron chi connectivity index (χ2n) is 2.70. The Kier molecular flexibility index (Phi) is 2.93. The van der Waals surface area contributed by atoms with Crippen LogP contribution in [0.2, 0.25) is 0 Å². The number of ether oxygens (including phenoxy) is 1. The summed E-state index contributed by atoms with van der Waals surface area (Å²) in [6, 6.07) is 2.57. The second kappa shape index (κ2) is 3.97. The summed E-state index contributed by atoms with van der Waals surface area (Å²) in [6.45, 7) is 0.0588. The molecule has 0 aliphatic rings. The second-order valence-corrected chi connectivity index (χ2v) is 2.70. The molecule has 0 saturated heterocycles. The fourth-order valence-electron chi connectivity index (χ4n) is 1.10. The first-order valence-electron chi connectivity index (χ1n) is 3.93. The highest BCUT2D eigenvalue weighted by atomic mass is 16.5. The minimum atomic E-state index is -1.09. The number of carbonyl (C=O) groups is 1. The van der Waals surface area contributed by atoms with Gasteiger partial charge in [0.15, 0.2) is 11.5 Å². The number of nitrogens with two attached hydrogens (primary N) is 1. The van der Waals surface area contributed by atoms with E-state index in [-0.39, 0.29) is 23.6 Å². The molecule has 0 aliphatic carbocycles. The van der Waals surface area contributed by atoms with E-state index in [9.17, 15) is 9.90 Å². The highest BCUT2D eigenvalue weighted by Crippen LogP contribution is 2.31. The predicted molar refractivity (Wildman–Crippen MR) is 49.5 cm³/mol. The van der Waals surface area contributed by atoms with E-state index in [0.29, 0.717) is 5.56 Å². The molecule has 1 aromatic rings. The Morgan fingerprint density at radius 3 is 2.64 bits per heavy atom. The third-order valence-corrected chi connectivity index (χ3v) is 1.84. The summed E-state index contributed by atoms with van der Waals surface area (Å²) in [5, 5.41) is 18.2. The number of aromatic carboxylic acids is 1. The Hall–Kier alpha value is -1.75. The molecule has 0 bridgehead atoms. The van der Waals surface area contributed by atoms with Gasteiger partial charge in [-0.05, 0) is 12.1 Å². The lowest BCUT2D eigenvalue weighted by Crippen LogP contribution is -2.03. The number of phenolic OH excluding ortho intramolecular Hbond substituents is 1. The van der Waals surface area contributed by atoms with Crippen LogP contribution in [0.3, 0.4) is 0 Å². The first-order chi connectivity index (χ1) is 6.60. The van der Waals surface area contributed by atoms with E-state index in [2.05, 4.69) is 0 Å². The van der Waals surface area contributed by atoms with Crippen LogP contribution in [-0.2, 0) is 6.54 Å². The molecule has 0 spiro atoms. The van der Waals surface area contributed by atoms with E-state index in [0.717, 1.165) is 0 Å². The maximum Gasteiger partial charge on any atom is 0.335 e. The van der Waals surface area contributed by atoms with E-state index in [1.807, 2.05) is 0 Å². The summed E-state index contributed by atoms with van der Waals surface area (Å²) in [5.41, 5.74) is 5.73. The SMILES string of the molecule is COc1cc(C(=O)O)cc(CN)c1O. The Labute approximate surface area is 80.7 Å². The van der Waals surface area contributed by atoms with E-state index in [1.54, 1.807) is 0 Å². The van der Waals surface area contributed by atoms with Crippen molar-refractivity contribution in [2.24, 2.45) is 5.73 Å². The number of carboxylic acid groups (broad SMARTS) is 1. The minimum Gasteiger partial charge on any atom is -0.504 e. The van der Waals surface area contributed by atoms with Gasteiger partial charge in [0.2, 0.25) is 0 Å². The molecule has 0 fully saturated rings. The Morgan fingerprint density at radius 2 is 2.21 bits per heavy atom. The Bertz CT molecular complexity index is 337. The summed E-state index contributed by atoms with van der Waals surface area (Å²) in [6.07, 6.45) is 0. The summed E-state index contributed by atoms with van der Waals surface area (Å²) >= 11 is 0. The van der Waals surface area contributed by atoms with Crippen LogP contribution in [0, 0.1) is 0 Å². The molecule has 5 heteroatoms. The normalized spacial score (nSPS) is 9.86. The number of hydrogen-bond donors (Lipinski definition) is 3. The van der Waals surface area contributed by atoms with Crippen molar-refractivity contribution in [3.63, 3.8) is 0 Å². The molecule has 0 unspecified atom stereocenters. The van der Waals surface area contributed by atoms with Crippen molar-refractivity contribution in [3.8, 4) is 11.5 Å². The van der Waals surface area contributed by atoms with Gasteiger partial charge < -0.3 is 20.7 Å². The molecular formula is C9H11NO4. The Morgan fingerprint density at radius 1 is 1.57 bits per heavy atom. The van der Waals surface area contributed by atoms with E-state index in [4.69, 9.17) is 15.6 Å². The van der Waals surface area contributed by atoms with Crippen LogP contribution in [0.5, 0.6) is 11.5 Å². The monoisotopic (exact) mass is 197 g/mol. The first kappa shape index (κ1) is 10.3. The van der Waals surface area contributed by atoms with Gasteiger partial charge in [-0.1, -0.05) is 0 Å². The van der Waals surface area contributed by atoms with Crippen molar-refractivity contribution in [1.82, 2.24) is 0 Å². The zero-order chi connectivity index (χ0) is 10.7. The first-order valence-corrected chi connectivity index (χ1v) is 3.93. The largest absolute Gasteiger partial charge is 0.504 e. The van der Waals surface area contributed by atoms with E-state index < -0.39 is 5.97 Å². The molecule has 4 N–H and O–H groups in total. The molecule has 0 saturated carbocycles. The molecule has 0 aliphatic heterocycles. The fraction of sp³-hybridized carbons (Fsp3) is 0.222. The van der Waals surface area contributed by atoms with Gasteiger partial charge in [0, 0.05) is 12.1 Å². The van der Waals surface area contributed by atoms with Crippen molar-refractivity contribution in [3.05, 3.63) is 23.3 Å². The van der Waals surface area contributed by atoms with Crippen LogP contribution in [0.25, 0.3) is 0 Å². The summed E-state index contributed by atoms with van der Waals surface area (Å²) < 4.78 is 4.81. The summed E-state index contributed by atoms with van der Waals surface area (Å²) in [4.78, 5) is 10.7. The highest BCUT2D eigenvalue weighted by Gasteiger charge is 2.12. The van der Waals surface area contributed by atoms with E-state index in [1.165, 1.54) is 19.2 Å². The molecule has 1 rings (SSSR count). The minimum absolute atomic E-state index is 0.0418. The van der Waals surface area contributed by atoms with E-state index >= 15 is 0 Å². The molecule has 0 atom stereocenters. The zero-order valence-corrected chi connectivity index (χ0v) is 7.65. The molecule has 1 aromatic carbocycles. The third kappa shape index (κ3) is 1.77. The van der Waals surface area contributed by atoms with Crippen molar-refractivity contribution in [2.45, 2.75) is 6.54 Å². The lowest BCUT2D eigenvalue weighted by atomic mass is 10.1. The van der Waals surface area contributed by atoms with Gasteiger partial charge in [0.05, 0.1) is 12.7 Å². The lowest BCUT2D eigenvalue weighted by molar-refractivity contribution is 0.0696. The van der Waals surface area contributed by atoms with Gasteiger partial charge in [0.1, 0.15) is 0 Å². The van der Waals surface area contributed by atoms with Gasteiger partial charge in [-0.15, -0.1) is 0 Å². The number of benzene rings is 1. The molecule has 0 amide bonds. The van der Waals surface area contributed by atoms with Crippen molar-refractivity contribution < 1.29 is 19.7 Å². The average molecular weight is 197 g/mol. The lowest BCUT2D eigenvalue weighted by Gasteiger charge is -2.08. The molecular weight excluding hydrogens is 186 g/mol. The van der Waals surface area contributed by atoms with Gasteiger partial charge in [0.25, 0.3) is 0 Å². The molecule has 0 heterocycles. The van der Waals surface area contributed by atoms with Crippen LogP contribution in [-0.4, -0.2) is 23.3 Å². The topological polar surface area (TPSA) is 92.8 Å². The molecule has 14 heavy (non-hydrogen) atoms. The molecule has 5 nitrogen and oxygen atoms in total. The van der Waals surface area contributed by atoms with Gasteiger partial charge in [-0.25, -0.2) is 4.79 Å². The van der Waals surface area contributed by atoms with Crippen molar-refractivity contribution in [1.29, 1.82) is 0 Å². The molecule has 0 radical (unpaired) electrons. The van der Waals surface area contributed by atoms with Crippen LogP contribution in [0.15, 0.2) is 12.1 Å². The van der Waals surface area contributed by atoms with Crippen molar-refractivity contribution >= 4 is 5.97 Å². The number of carboxylic acids is 1. The van der Waals surface area contributed by atoms with Gasteiger partial charge in [-0.2, -0.15) is 0 Å². The van der Waals surface area contributed by atoms with Crippen LogP contribution in [0.1, 0.15) is 15.9 Å². The molecule has 0 aromatic heterocycles. The quantitative estimate of drug-likeness (QED) is 0.658. The summed E-state index contributed by atoms with van der Waals surface area (Å²) in [5.74, 6) is -1.08. The average Bonchev–Trinajstić information content (AvgIpc) is 2.17. The van der Waals surface area contributed by atoms with Crippen LogP contribution in [0.4, 0.5) is 0 Å². The number of aromatic hydroxyl groups is 1. The third-order valence-electron chi connectivity index (χ3n) is 1.84. The maximum atomic E-state index is 10.7.